The SMILES string of the molecule is COC1=c2c(=O)[nH]c(=O)n(C3CC3)c2=C(C)C(c2cc3c(s2)CCCC3CO)C1F. The summed E-state index contributed by atoms with van der Waals surface area (Å²) in [6.07, 6.45) is 3.09. The fourth-order valence-corrected chi connectivity index (χ4v) is 6.57. The van der Waals surface area contributed by atoms with Gasteiger partial charge in [0.1, 0.15) is 11.0 Å². The number of aromatic amines is 1. The molecule has 0 amide bonds. The number of hydrogen-bond acceptors (Lipinski definition) is 5. The largest absolute Gasteiger partial charge is 0.497 e. The van der Waals surface area contributed by atoms with Gasteiger partial charge in [-0.2, -0.15) is 0 Å². The number of aryl methyl sites for hydroxylation is 1. The quantitative estimate of drug-likeness (QED) is 0.765. The molecule has 2 aromatic rings. The second-order valence-electron chi connectivity index (χ2n) is 8.51. The van der Waals surface area contributed by atoms with Gasteiger partial charge in [-0.15, -0.1) is 11.3 Å². The number of methoxy groups -OCH3 is 1. The first kappa shape index (κ1) is 19.8. The Morgan fingerprint density at radius 3 is 2.77 bits per heavy atom. The lowest BCUT2D eigenvalue weighted by atomic mass is 9.84. The predicted octanol–water partition coefficient (Wildman–Crippen LogP) is 1.41. The van der Waals surface area contributed by atoms with Crippen LogP contribution in [0, 0.1) is 0 Å². The van der Waals surface area contributed by atoms with Crippen molar-refractivity contribution in [3.8, 4) is 0 Å². The molecule has 0 aromatic carbocycles. The van der Waals surface area contributed by atoms with Crippen LogP contribution in [-0.2, 0) is 11.2 Å². The van der Waals surface area contributed by atoms with E-state index in [2.05, 4.69) is 4.98 Å². The van der Waals surface area contributed by atoms with Crippen molar-refractivity contribution in [1.29, 1.82) is 0 Å². The second kappa shape index (κ2) is 7.20. The first-order valence-corrected chi connectivity index (χ1v) is 11.3. The molecule has 8 heteroatoms. The molecule has 160 valence electrons. The van der Waals surface area contributed by atoms with Crippen molar-refractivity contribution < 1.29 is 14.2 Å². The van der Waals surface area contributed by atoms with Crippen molar-refractivity contribution in [2.45, 2.75) is 63.1 Å². The third kappa shape index (κ3) is 2.84. The number of thiophene rings is 1. The van der Waals surface area contributed by atoms with E-state index in [1.807, 2.05) is 13.0 Å². The molecule has 3 unspecified atom stereocenters. The van der Waals surface area contributed by atoms with Gasteiger partial charge < -0.3 is 9.84 Å². The number of nitrogens with one attached hydrogen (secondary N) is 1. The molecule has 30 heavy (non-hydrogen) atoms. The number of rotatable bonds is 4. The maximum atomic E-state index is 15.8. The van der Waals surface area contributed by atoms with E-state index in [-0.39, 0.29) is 29.5 Å². The van der Waals surface area contributed by atoms with Crippen molar-refractivity contribution in [2.24, 2.45) is 0 Å². The minimum atomic E-state index is -1.51. The minimum Gasteiger partial charge on any atom is -0.497 e. The molecular weight excluding hydrogens is 407 g/mol. The van der Waals surface area contributed by atoms with Crippen LogP contribution in [-0.4, -0.2) is 34.5 Å². The number of aromatic nitrogens is 2. The predicted molar refractivity (Wildman–Crippen MR) is 113 cm³/mol. The Hall–Kier alpha value is -2.19. The number of fused-ring (bicyclic) bond motifs is 2. The van der Waals surface area contributed by atoms with Gasteiger partial charge >= 0.3 is 5.69 Å². The molecule has 0 bridgehead atoms. The molecule has 3 aliphatic carbocycles. The molecule has 0 spiro atoms. The molecule has 5 rings (SSSR count). The van der Waals surface area contributed by atoms with E-state index in [0.717, 1.165) is 42.5 Å². The third-order valence-electron chi connectivity index (χ3n) is 6.69. The minimum absolute atomic E-state index is 0.0127. The Balaban J connectivity index is 1.79. The zero-order chi connectivity index (χ0) is 21.2. The van der Waals surface area contributed by atoms with Gasteiger partial charge in [0.2, 0.25) is 0 Å². The highest BCUT2D eigenvalue weighted by molar-refractivity contribution is 7.12. The summed E-state index contributed by atoms with van der Waals surface area (Å²) in [6.45, 7) is 1.91. The van der Waals surface area contributed by atoms with Gasteiger partial charge in [-0.3, -0.25) is 14.3 Å². The lowest BCUT2D eigenvalue weighted by Crippen LogP contribution is -2.58. The highest BCUT2D eigenvalue weighted by Gasteiger charge is 2.39. The zero-order valence-electron chi connectivity index (χ0n) is 17.0. The lowest BCUT2D eigenvalue weighted by Gasteiger charge is -2.27. The van der Waals surface area contributed by atoms with Gasteiger partial charge in [-0.1, -0.05) is 0 Å². The number of H-pyrrole nitrogens is 1. The molecule has 6 nitrogen and oxygen atoms in total. The van der Waals surface area contributed by atoms with E-state index in [9.17, 15) is 14.7 Å². The smallest absolute Gasteiger partial charge is 0.329 e. The van der Waals surface area contributed by atoms with Crippen LogP contribution in [0.15, 0.2) is 15.7 Å². The Morgan fingerprint density at radius 2 is 2.10 bits per heavy atom. The number of hydrogen-bond donors (Lipinski definition) is 2. The summed E-state index contributed by atoms with van der Waals surface area (Å²) < 4.78 is 22.9. The maximum absolute atomic E-state index is 15.8. The van der Waals surface area contributed by atoms with Crippen LogP contribution in [0.1, 0.15) is 65.8 Å². The fraction of sp³-hybridized carbons (Fsp3) is 0.545. The van der Waals surface area contributed by atoms with Crippen molar-refractivity contribution in [2.75, 3.05) is 13.7 Å². The van der Waals surface area contributed by atoms with Crippen LogP contribution in [0.3, 0.4) is 0 Å². The van der Waals surface area contributed by atoms with Crippen molar-refractivity contribution in [1.82, 2.24) is 9.55 Å². The average Bonchev–Trinajstić information content (AvgIpc) is 3.46. The van der Waals surface area contributed by atoms with Gasteiger partial charge in [-0.25, -0.2) is 9.18 Å². The Bertz CT molecular complexity index is 1250. The van der Waals surface area contributed by atoms with E-state index in [4.69, 9.17) is 4.74 Å². The van der Waals surface area contributed by atoms with Crippen molar-refractivity contribution in [3.63, 3.8) is 0 Å². The highest BCUT2D eigenvalue weighted by atomic mass is 32.1. The molecule has 0 radical (unpaired) electrons. The third-order valence-corrected chi connectivity index (χ3v) is 7.98. The highest BCUT2D eigenvalue weighted by Crippen LogP contribution is 2.44. The molecule has 0 saturated heterocycles. The topological polar surface area (TPSA) is 84.3 Å². The lowest BCUT2D eigenvalue weighted by molar-refractivity contribution is 0.253. The summed E-state index contributed by atoms with van der Waals surface area (Å²) in [4.78, 5) is 29.7. The van der Waals surface area contributed by atoms with Crippen LogP contribution in [0.4, 0.5) is 4.39 Å². The second-order valence-corrected chi connectivity index (χ2v) is 9.68. The van der Waals surface area contributed by atoms with E-state index < -0.39 is 23.3 Å². The van der Waals surface area contributed by atoms with E-state index >= 15 is 4.39 Å². The van der Waals surface area contributed by atoms with Crippen LogP contribution in [0.2, 0.25) is 0 Å². The monoisotopic (exact) mass is 432 g/mol. The number of alkyl halides is 1. The normalized spacial score (nSPS) is 25.8. The summed E-state index contributed by atoms with van der Waals surface area (Å²) in [7, 11) is 1.37. The first-order valence-electron chi connectivity index (χ1n) is 10.5. The van der Waals surface area contributed by atoms with E-state index in [1.165, 1.54) is 12.0 Å². The van der Waals surface area contributed by atoms with Gasteiger partial charge in [0, 0.05) is 28.3 Å². The number of halogens is 1. The van der Waals surface area contributed by atoms with E-state index in [0.29, 0.717) is 10.9 Å². The van der Waals surface area contributed by atoms with Crippen LogP contribution < -0.4 is 21.8 Å². The van der Waals surface area contributed by atoms with Crippen molar-refractivity contribution in [3.05, 3.63) is 52.8 Å². The average molecular weight is 433 g/mol. The Labute approximate surface area is 176 Å². The number of nitrogens with zero attached hydrogens (tertiary/aromatic N) is 1. The summed E-state index contributed by atoms with van der Waals surface area (Å²) in [5.74, 6) is -0.540. The van der Waals surface area contributed by atoms with Crippen molar-refractivity contribution >= 4 is 22.7 Å². The van der Waals surface area contributed by atoms with Gasteiger partial charge in [0.25, 0.3) is 5.56 Å². The fourth-order valence-electron chi connectivity index (χ4n) is 5.09. The molecule has 0 aliphatic heterocycles. The Morgan fingerprint density at radius 1 is 1.33 bits per heavy atom. The number of aliphatic hydroxyl groups excluding tert-OH is 1. The van der Waals surface area contributed by atoms with E-state index in [1.54, 1.807) is 15.9 Å². The van der Waals surface area contributed by atoms with Gasteiger partial charge in [0.05, 0.1) is 18.4 Å². The maximum Gasteiger partial charge on any atom is 0.329 e. The first-order chi connectivity index (χ1) is 14.5. The number of aliphatic hydroxyl groups is 1. The van der Waals surface area contributed by atoms with Gasteiger partial charge in [0.15, 0.2) is 6.17 Å². The molecule has 2 N–H and O–H groups in total. The molecule has 2 aromatic heterocycles. The van der Waals surface area contributed by atoms with Crippen LogP contribution in [0.25, 0.3) is 11.3 Å². The van der Waals surface area contributed by atoms with Crippen LogP contribution in [0.5, 0.6) is 0 Å². The molecule has 2 heterocycles. The zero-order valence-corrected chi connectivity index (χ0v) is 17.9. The van der Waals surface area contributed by atoms with Gasteiger partial charge in [-0.05, 0) is 56.2 Å². The van der Waals surface area contributed by atoms with Crippen LogP contribution >= 0.6 is 11.3 Å². The molecule has 3 aliphatic rings. The molecular formula is C22H25FN2O4S. The summed E-state index contributed by atoms with van der Waals surface area (Å²) >= 11 is 1.58. The summed E-state index contributed by atoms with van der Waals surface area (Å²) in [5.41, 5.74) is 0.750. The molecule has 1 fully saturated rings. The summed E-state index contributed by atoms with van der Waals surface area (Å²) in [5, 5.41) is 10.4. The number of ether oxygens (including phenoxy) is 1. The summed E-state index contributed by atoms with van der Waals surface area (Å²) in [6, 6.07) is 2.05. The molecule has 3 atom stereocenters. The Kier molecular flexibility index (Phi) is 4.74. The molecule has 1 saturated carbocycles. The standard InChI is InChI=1S/C22H25FN2O4S/c1-10-16(15-8-13-11(9-26)4-3-5-14(13)30-15)18(23)20(29-2)17-19(10)25(12-6-7-12)22(28)24-21(17)27/h8,11-12,16,18,26H,3-7,9H2,1-2H3,(H,24,27,28).